The summed E-state index contributed by atoms with van der Waals surface area (Å²) in [5.41, 5.74) is 1.22. The molecule has 1 heterocycles. The number of carbonyl (C=O) groups excluding carboxylic acids is 1. The van der Waals surface area contributed by atoms with Gasteiger partial charge in [-0.1, -0.05) is 37.3 Å². The van der Waals surface area contributed by atoms with Gasteiger partial charge in [0.15, 0.2) is 5.96 Å². The van der Waals surface area contributed by atoms with Gasteiger partial charge in [-0.3, -0.25) is 9.79 Å². The highest BCUT2D eigenvalue weighted by molar-refractivity contribution is 5.81. The van der Waals surface area contributed by atoms with Crippen LogP contribution >= 0.6 is 0 Å². The molecule has 0 bridgehead atoms. The number of terminal acetylenes is 1. The van der Waals surface area contributed by atoms with Crippen molar-refractivity contribution >= 4 is 11.9 Å². The third kappa shape index (κ3) is 6.41. The number of hydrogen-bond donors (Lipinski definition) is 2. The molecule has 2 fully saturated rings. The van der Waals surface area contributed by atoms with E-state index in [2.05, 4.69) is 33.7 Å². The third-order valence-electron chi connectivity index (χ3n) is 5.97. The predicted octanol–water partition coefficient (Wildman–Crippen LogP) is 2.59. The van der Waals surface area contributed by atoms with Gasteiger partial charge in [0.1, 0.15) is 12.4 Å². The van der Waals surface area contributed by atoms with E-state index in [-0.39, 0.29) is 18.6 Å². The summed E-state index contributed by atoms with van der Waals surface area (Å²) < 4.78 is 5.40. The summed E-state index contributed by atoms with van der Waals surface area (Å²) in [4.78, 5) is 19.1. The van der Waals surface area contributed by atoms with Crippen molar-refractivity contribution in [3.63, 3.8) is 0 Å². The molecule has 1 aromatic carbocycles. The molecule has 1 atom stereocenters. The lowest BCUT2D eigenvalue weighted by molar-refractivity contribution is -0.135. The molecule has 1 aliphatic carbocycles. The van der Waals surface area contributed by atoms with E-state index in [1.165, 1.54) is 24.8 Å². The molecule has 162 valence electrons. The van der Waals surface area contributed by atoms with Gasteiger partial charge >= 0.3 is 0 Å². The van der Waals surface area contributed by atoms with Crippen LogP contribution in [0.25, 0.3) is 0 Å². The van der Waals surface area contributed by atoms with E-state index in [1.54, 1.807) is 7.05 Å². The molecule has 0 aromatic heterocycles. The molecule has 1 unspecified atom stereocenters. The Kier molecular flexibility index (Phi) is 8.43. The number of benzene rings is 1. The van der Waals surface area contributed by atoms with E-state index in [0.717, 1.165) is 57.0 Å². The summed E-state index contributed by atoms with van der Waals surface area (Å²) in [6.07, 6.45) is 12.9. The number of aliphatic imine (C=N–C) groups is 1. The van der Waals surface area contributed by atoms with Crippen molar-refractivity contribution < 1.29 is 9.53 Å². The zero-order valence-corrected chi connectivity index (χ0v) is 18.0. The minimum atomic E-state index is 0.248. The van der Waals surface area contributed by atoms with Gasteiger partial charge in [0, 0.05) is 38.6 Å². The second-order valence-corrected chi connectivity index (χ2v) is 8.13. The average Bonchev–Trinajstić information content (AvgIpc) is 3.26. The van der Waals surface area contributed by atoms with Gasteiger partial charge in [-0.15, -0.1) is 6.42 Å². The van der Waals surface area contributed by atoms with Crippen molar-refractivity contribution in [2.75, 3.05) is 33.3 Å². The minimum Gasteiger partial charge on any atom is -0.481 e. The van der Waals surface area contributed by atoms with E-state index < -0.39 is 0 Å². The fourth-order valence-electron chi connectivity index (χ4n) is 4.28. The van der Waals surface area contributed by atoms with Crippen molar-refractivity contribution in [1.82, 2.24) is 15.5 Å². The SMILES string of the molecule is C#CCOc1ccc(CCNC(=NC)NC2CCN(C(=O)C3CCCCC3)C2)cc1. The first-order valence-electron chi connectivity index (χ1n) is 11.1. The molecule has 0 spiro atoms. The molecule has 1 saturated heterocycles. The summed E-state index contributed by atoms with van der Waals surface area (Å²) in [7, 11) is 1.78. The summed E-state index contributed by atoms with van der Waals surface area (Å²) >= 11 is 0. The Balaban J connectivity index is 1.38. The van der Waals surface area contributed by atoms with Crippen LogP contribution in [0.4, 0.5) is 0 Å². The maximum atomic E-state index is 12.7. The first kappa shape index (κ1) is 22.0. The van der Waals surface area contributed by atoms with Crippen LogP contribution in [-0.4, -0.2) is 56.1 Å². The zero-order valence-electron chi connectivity index (χ0n) is 18.0. The molecule has 1 amide bonds. The molecule has 1 aliphatic heterocycles. The van der Waals surface area contributed by atoms with Gasteiger partial charge in [0.2, 0.25) is 5.91 Å². The first-order valence-corrected chi connectivity index (χ1v) is 11.1. The van der Waals surface area contributed by atoms with Crippen LogP contribution in [0.1, 0.15) is 44.1 Å². The van der Waals surface area contributed by atoms with E-state index >= 15 is 0 Å². The van der Waals surface area contributed by atoms with Gasteiger partial charge in [-0.2, -0.15) is 0 Å². The lowest BCUT2D eigenvalue weighted by Gasteiger charge is -2.26. The van der Waals surface area contributed by atoms with Crippen LogP contribution in [0.3, 0.4) is 0 Å². The van der Waals surface area contributed by atoms with Crippen molar-refractivity contribution in [1.29, 1.82) is 0 Å². The van der Waals surface area contributed by atoms with Gasteiger partial charge in [-0.05, 0) is 43.4 Å². The average molecular weight is 411 g/mol. The Morgan fingerprint density at radius 1 is 1.23 bits per heavy atom. The molecule has 2 N–H and O–H groups in total. The van der Waals surface area contributed by atoms with Crippen LogP contribution in [0, 0.1) is 18.3 Å². The highest BCUT2D eigenvalue weighted by Crippen LogP contribution is 2.26. The second kappa shape index (κ2) is 11.5. The van der Waals surface area contributed by atoms with Gasteiger partial charge in [-0.25, -0.2) is 0 Å². The van der Waals surface area contributed by atoms with Crippen LogP contribution in [0.15, 0.2) is 29.3 Å². The number of nitrogens with one attached hydrogen (secondary N) is 2. The largest absolute Gasteiger partial charge is 0.481 e. The third-order valence-corrected chi connectivity index (χ3v) is 5.97. The van der Waals surface area contributed by atoms with E-state index in [9.17, 15) is 4.79 Å². The van der Waals surface area contributed by atoms with Gasteiger partial charge in [0.05, 0.1) is 0 Å². The molecule has 2 aliphatic rings. The number of rotatable bonds is 7. The maximum Gasteiger partial charge on any atom is 0.225 e. The second-order valence-electron chi connectivity index (χ2n) is 8.13. The Morgan fingerprint density at radius 3 is 2.70 bits per heavy atom. The highest BCUT2D eigenvalue weighted by atomic mass is 16.5. The van der Waals surface area contributed by atoms with E-state index in [4.69, 9.17) is 11.2 Å². The standard InChI is InChI=1S/C24H34N4O2/c1-3-17-30-22-11-9-19(10-12-22)13-15-26-24(25-2)27-21-14-16-28(18-21)23(29)20-7-5-4-6-8-20/h1,9-12,20-21H,4-8,13-18H2,2H3,(H2,25,26,27). The highest BCUT2D eigenvalue weighted by Gasteiger charge is 2.31. The molecule has 1 aromatic rings. The lowest BCUT2D eigenvalue weighted by atomic mass is 9.88. The van der Waals surface area contributed by atoms with Crippen molar-refractivity contribution in [2.45, 2.75) is 51.0 Å². The molecule has 6 heteroatoms. The first-order chi connectivity index (χ1) is 14.7. The molecule has 30 heavy (non-hydrogen) atoms. The summed E-state index contributed by atoms with van der Waals surface area (Å²) in [6.45, 7) is 2.68. The molecular weight excluding hydrogens is 376 g/mol. The van der Waals surface area contributed by atoms with Gasteiger partial charge in [0.25, 0.3) is 0 Å². The smallest absolute Gasteiger partial charge is 0.225 e. The minimum absolute atomic E-state index is 0.248. The van der Waals surface area contributed by atoms with Crippen molar-refractivity contribution in [3.05, 3.63) is 29.8 Å². The number of amides is 1. The monoisotopic (exact) mass is 410 g/mol. The number of guanidine groups is 1. The number of ether oxygens (including phenoxy) is 1. The van der Waals surface area contributed by atoms with Crippen LogP contribution < -0.4 is 15.4 Å². The van der Waals surface area contributed by atoms with Crippen molar-refractivity contribution in [2.24, 2.45) is 10.9 Å². The predicted molar refractivity (Wildman–Crippen MR) is 121 cm³/mol. The Hall–Kier alpha value is -2.68. The maximum absolute atomic E-state index is 12.7. The summed E-state index contributed by atoms with van der Waals surface area (Å²) in [6, 6.07) is 8.24. The number of hydrogen-bond acceptors (Lipinski definition) is 3. The fraction of sp³-hybridized carbons (Fsp3) is 0.583. The molecular formula is C24H34N4O2. The topological polar surface area (TPSA) is 66.0 Å². The Labute approximate surface area is 180 Å². The van der Waals surface area contributed by atoms with Crippen LogP contribution in [0.2, 0.25) is 0 Å². The molecule has 0 radical (unpaired) electrons. The quantitative estimate of drug-likeness (QED) is 0.412. The molecule has 3 rings (SSSR count). The van der Waals surface area contributed by atoms with Crippen molar-refractivity contribution in [3.8, 4) is 18.1 Å². The number of carbonyl (C=O) groups is 1. The van der Waals surface area contributed by atoms with Crippen LogP contribution in [0.5, 0.6) is 5.75 Å². The van der Waals surface area contributed by atoms with Crippen LogP contribution in [-0.2, 0) is 11.2 Å². The summed E-state index contributed by atoms with van der Waals surface area (Å²) in [5, 5.41) is 6.86. The number of nitrogens with zero attached hydrogens (tertiary/aromatic N) is 2. The van der Waals surface area contributed by atoms with E-state index in [1.807, 2.05) is 17.0 Å². The molecule has 1 saturated carbocycles. The summed E-state index contributed by atoms with van der Waals surface area (Å²) in [5.74, 6) is 4.65. The Bertz CT molecular complexity index is 747. The Morgan fingerprint density at radius 2 is 2.00 bits per heavy atom. The number of likely N-dealkylation sites (tertiary alicyclic amines) is 1. The fourth-order valence-corrected chi connectivity index (χ4v) is 4.28. The van der Waals surface area contributed by atoms with E-state index in [0.29, 0.717) is 5.91 Å². The normalized spacial score (nSPS) is 19.9. The van der Waals surface area contributed by atoms with Gasteiger partial charge < -0.3 is 20.3 Å². The zero-order chi connectivity index (χ0) is 21.2. The molecule has 6 nitrogen and oxygen atoms in total. The lowest BCUT2D eigenvalue weighted by Crippen LogP contribution is -2.46.